The van der Waals surface area contributed by atoms with E-state index in [1.165, 1.54) is 165 Å². The van der Waals surface area contributed by atoms with Gasteiger partial charge in [-0.3, -0.25) is 0 Å². The number of nitrogens with zero attached hydrogens (tertiary/aromatic N) is 2. The minimum atomic E-state index is -0.144. The van der Waals surface area contributed by atoms with Crippen LogP contribution in [0, 0.1) is 0 Å². The van der Waals surface area contributed by atoms with Crippen molar-refractivity contribution in [2.45, 2.75) is 19.3 Å². The van der Waals surface area contributed by atoms with Gasteiger partial charge in [-0.05, 0) is 148 Å². The highest BCUT2D eigenvalue weighted by Gasteiger charge is 2.35. The summed E-state index contributed by atoms with van der Waals surface area (Å²) < 4.78 is 4.92. The lowest BCUT2D eigenvalue weighted by atomic mass is 9.81. The van der Waals surface area contributed by atoms with Gasteiger partial charge in [0.1, 0.15) is 0 Å². The van der Waals surface area contributed by atoms with Crippen LogP contribution in [0.3, 0.4) is 0 Å². The molecule has 2 nitrogen and oxygen atoms in total. The SMILES string of the molecule is CC1(C)c2cc(C=Cc3ccc(-c4ccc5c(c4)c4ccccc4n5-c4cc5ccccc5c5ccccc45)cc3)ccc2-c2ccc(C=Cc3ccc(-c4ccc5c(c4)c4ccccc4n5-c4cc5ccccc5c5ccccc45)cc3)cc21. The maximum absolute atomic E-state index is 2.46. The lowest BCUT2D eigenvalue weighted by Crippen LogP contribution is -2.15. The van der Waals surface area contributed by atoms with Crippen LogP contribution < -0.4 is 0 Å². The maximum Gasteiger partial charge on any atom is 0.0546 e. The van der Waals surface area contributed by atoms with Crippen molar-refractivity contribution < 1.29 is 0 Å². The Hall–Kier alpha value is -10.8. The van der Waals surface area contributed by atoms with E-state index in [0.717, 1.165) is 0 Å². The Labute approximate surface area is 493 Å². The summed E-state index contributed by atoms with van der Waals surface area (Å²) in [5, 5.41) is 15.1. The molecule has 1 aliphatic carbocycles. The van der Waals surface area contributed by atoms with Crippen molar-refractivity contribution in [2.75, 3.05) is 0 Å². The quantitative estimate of drug-likeness (QED) is 0.106. The molecule has 85 heavy (non-hydrogen) atoms. The lowest BCUT2D eigenvalue weighted by Gasteiger charge is -2.22. The van der Waals surface area contributed by atoms with E-state index in [1.807, 2.05) is 0 Å². The van der Waals surface area contributed by atoms with Gasteiger partial charge in [0, 0.05) is 37.7 Å². The number of rotatable bonds is 8. The standard InChI is InChI=1S/C83H56N2/c1-83(2)75-47-55(29-27-53-31-37-57(38-32-53)59-41-45-79-73(49-59)71-23-11-13-25-77(71)84(79)81-51-61-15-3-5-17-63(61)65-19-7-9-21-69(65)81)35-43-67(75)68-44-36-56(48-76(68)83)30-28-54-33-39-58(40-34-54)60-42-46-80-74(50-60)72-24-12-14-26-78(72)85(80)82-52-62-16-4-6-18-64(62)66-20-8-10-22-70(66)82/h3-52H,1-2H3. The van der Waals surface area contributed by atoms with Crippen LogP contribution in [0.2, 0.25) is 0 Å². The van der Waals surface area contributed by atoms with Crippen molar-refractivity contribution in [3.8, 4) is 44.8 Å². The fourth-order valence-corrected chi connectivity index (χ4v) is 14.2. The van der Waals surface area contributed by atoms with Crippen LogP contribution in [0.15, 0.2) is 279 Å². The molecule has 0 unspecified atom stereocenters. The van der Waals surface area contributed by atoms with Crippen LogP contribution in [0.4, 0.5) is 0 Å². The summed E-state index contributed by atoms with van der Waals surface area (Å²) in [6, 6.07) is 103. The van der Waals surface area contributed by atoms with Crippen LogP contribution in [0.1, 0.15) is 47.2 Å². The molecule has 1 aliphatic rings. The zero-order valence-corrected chi connectivity index (χ0v) is 47.3. The fraction of sp³-hybridized carbons (Fsp3) is 0.0361. The smallest absolute Gasteiger partial charge is 0.0546 e. The molecule has 0 spiro atoms. The first-order chi connectivity index (χ1) is 41.9. The summed E-state index contributed by atoms with van der Waals surface area (Å²) >= 11 is 0. The third-order valence-corrected chi connectivity index (χ3v) is 18.5. The van der Waals surface area contributed by atoms with Gasteiger partial charge in [0.05, 0.1) is 33.4 Å². The average Bonchev–Trinajstić information content (AvgIpc) is 2.21. The van der Waals surface area contributed by atoms with Crippen molar-refractivity contribution in [2.24, 2.45) is 0 Å². The number of fused-ring (bicyclic) bond motifs is 15. The Kier molecular flexibility index (Phi) is 11.0. The average molecular weight is 1080 g/mol. The van der Waals surface area contributed by atoms with Gasteiger partial charge in [0.25, 0.3) is 0 Å². The molecule has 0 fully saturated rings. The Bertz CT molecular complexity index is 5150. The first-order valence-electron chi connectivity index (χ1n) is 29.6. The number of hydrogen-bond acceptors (Lipinski definition) is 0. The largest absolute Gasteiger partial charge is 0.309 e. The van der Waals surface area contributed by atoms with Gasteiger partial charge in [0.15, 0.2) is 0 Å². The molecular weight excluding hydrogens is 1020 g/mol. The molecule has 0 saturated carbocycles. The van der Waals surface area contributed by atoms with Crippen LogP contribution >= 0.6 is 0 Å². The molecule has 0 aliphatic heterocycles. The predicted octanol–water partition coefficient (Wildman–Crippen LogP) is 22.5. The topological polar surface area (TPSA) is 9.86 Å². The third-order valence-electron chi connectivity index (χ3n) is 18.5. The first kappa shape index (κ1) is 48.9. The van der Waals surface area contributed by atoms with Crippen molar-refractivity contribution in [3.63, 3.8) is 0 Å². The summed E-state index contributed by atoms with van der Waals surface area (Å²) in [7, 11) is 0. The monoisotopic (exact) mass is 1080 g/mol. The van der Waals surface area contributed by atoms with E-state index in [0.29, 0.717) is 0 Å². The molecular formula is C83H56N2. The highest BCUT2D eigenvalue weighted by molar-refractivity contribution is 6.17. The Morgan fingerprint density at radius 3 is 1.01 bits per heavy atom. The molecule has 0 saturated heterocycles. The molecule has 2 heteroatoms. The molecule has 0 radical (unpaired) electrons. The van der Waals surface area contributed by atoms with Crippen LogP contribution in [0.5, 0.6) is 0 Å². The first-order valence-corrected chi connectivity index (χ1v) is 29.6. The molecule has 2 heterocycles. The maximum atomic E-state index is 2.46. The normalized spacial score (nSPS) is 13.1. The number of hydrogen-bond donors (Lipinski definition) is 0. The van der Waals surface area contributed by atoms with Gasteiger partial charge in [0.2, 0.25) is 0 Å². The summed E-state index contributed by atoms with van der Waals surface area (Å²) in [5.74, 6) is 0. The molecule has 0 N–H and O–H groups in total. The summed E-state index contributed by atoms with van der Waals surface area (Å²) in [6.45, 7) is 4.74. The number of para-hydroxylation sites is 2. The second-order valence-electron chi connectivity index (χ2n) is 23.6. The lowest BCUT2D eigenvalue weighted by molar-refractivity contribution is 0.660. The van der Waals surface area contributed by atoms with Gasteiger partial charge in [-0.1, -0.05) is 269 Å². The molecule has 16 aromatic rings. The number of benzene rings is 14. The summed E-state index contributed by atoms with van der Waals surface area (Å²) in [4.78, 5) is 0. The van der Waals surface area contributed by atoms with Crippen LogP contribution in [0.25, 0.3) is 156 Å². The van der Waals surface area contributed by atoms with E-state index < -0.39 is 0 Å². The van der Waals surface area contributed by atoms with E-state index in [4.69, 9.17) is 0 Å². The van der Waals surface area contributed by atoms with Crippen LogP contribution in [-0.2, 0) is 5.41 Å². The molecule has 0 amide bonds. The highest BCUT2D eigenvalue weighted by Crippen LogP contribution is 2.50. The zero-order valence-electron chi connectivity index (χ0n) is 47.3. The Balaban J connectivity index is 0.606. The highest BCUT2D eigenvalue weighted by atomic mass is 15.0. The Morgan fingerprint density at radius 2 is 0.576 bits per heavy atom. The van der Waals surface area contributed by atoms with Crippen LogP contribution in [-0.4, -0.2) is 9.13 Å². The molecule has 0 atom stereocenters. The van der Waals surface area contributed by atoms with E-state index in [-0.39, 0.29) is 5.41 Å². The number of aromatic nitrogens is 2. The second kappa shape index (κ2) is 19.1. The van der Waals surface area contributed by atoms with Gasteiger partial charge >= 0.3 is 0 Å². The van der Waals surface area contributed by atoms with Gasteiger partial charge in [-0.2, -0.15) is 0 Å². The van der Waals surface area contributed by atoms with Crippen molar-refractivity contribution >= 4 is 111 Å². The summed E-state index contributed by atoms with van der Waals surface area (Å²) in [5.41, 5.74) is 22.1. The molecule has 17 rings (SSSR count). The summed E-state index contributed by atoms with van der Waals surface area (Å²) in [6.07, 6.45) is 9.01. The molecule has 0 bridgehead atoms. The minimum Gasteiger partial charge on any atom is -0.309 e. The second-order valence-corrected chi connectivity index (χ2v) is 23.6. The third kappa shape index (κ3) is 7.87. The van der Waals surface area contributed by atoms with Crippen molar-refractivity contribution in [3.05, 3.63) is 312 Å². The van der Waals surface area contributed by atoms with E-state index in [1.54, 1.807) is 0 Å². The van der Waals surface area contributed by atoms with Gasteiger partial charge in [-0.15, -0.1) is 0 Å². The zero-order chi connectivity index (χ0) is 56.3. The van der Waals surface area contributed by atoms with Crippen molar-refractivity contribution in [1.29, 1.82) is 0 Å². The van der Waals surface area contributed by atoms with Crippen molar-refractivity contribution in [1.82, 2.24) is 9.13 Å². The molecule has 14 aromatic carbocycles. The van der Waals surface area contributed by atoms with E-state index in [2.05, 4.69) is 326 Å². The van der Waals surface area contributed by atoms with Gasteiger partial charge in [-0.25, -0.2) is 0 Å². The van der Waals surface area contributed by atoms with Gasteiger partial charge < -0.3 is 9.13 Å². The molecule has 2 aromatic heterocycles. The minimum absolute atomic E-state index is 0.144. The predicted molar refractivity (Wildman–Crippen MR) is 364 cm³/mol. The van der Waals surface area contributed by atoms with E-state index in [9.17, 15) is 0 Å². The fourth-order valence-electron chi connectivity index (χ4n) is 14.2. The molecule has 398 valence electrons. The van der Waals surface area contributed by atoms with E-state index >= 15 is 0 Å². The Morgan fingerprint density at radius 1 is 0.247 bits per heavy atom.